The van der Waals surface area contributed by atoms with E-state index in [-0.39, 0.29) is 23.4 Å². The Hall–Kier alpha value is 0.262. The van der Waals surface area contributed by atoms with Gasteiger partial charge in [-0.1, -0.05) is 0 Å². The number of nitrogens with two attached hydrogens (primary N) is 1. The van der Waals surface area contributed by atoms with Gasteiger partial charge in [-0.3, -0.25) is 0 Å². The third-order valence-corrected chi connectivity index (χ3v) is 5.60. The third-order valence-electron chi connectivity index (χ3n) is 3.93. The fourth-order valence-electron chi connectivity index (χ4n) is 3.03. The van der Waals surface area contributed by atoms with Gasteiger partial charge in [0, 0.05) is 0 Å². The standard InChI is InChI=1S/C14H17N2.H3P.H2S.Tl/c15-11-6-7-12-13(9-16-14(12)8-11)10-4-2-1-3-5-10;;;/h6-10H,1-5,15H2;1H3;1H2;/q-1;;;+1/p-1. The molecule has 5 heteroatoms. The predicted molar refractivity (Wildman–Crippen MR) is 93.2 cm³/mol. The molecule has 19 heavy (non-hydrogen) atoms. The van der Waals surface area contributed by atoms with E-state index in [4.69, 9.17) is 5.73 Å². The fourth-order valence-corrected chi connectivity index (χ4v) is 4.49. The second-order valence-corrected chi connectivity index (χ2v) is 7.27. The predicted octanol–water partition coefficient (Wildman–Crippen LogP) is 2.99. The Labute approximate surface area is 141 Å². The molecule has 102 valence electrons. The van der Waals surface area contributed by atoms with Crippen LogP contribution in [0, 0.1) is 0 Å². The van der Waals surface area contributed by atoms with E-state index in [0.717, 1.165) is 37.7 Å². The monoisotopic (exact) mass is 485 g/mol. The van der Waals surface area contributed by atoms with Crippen molar-refractivity contribution in [3.05, 3.63) is 30.0 Å². The van der Waals surface area contributed by atoms with Crippen molar-refractivity contribution >= 4 is 66.1 Å². The first-order valence-corrected chi connectivity index (χ1v) is 8.42. The number of nitrogens with zero attached hydrogens (tertiary/aromatic N) is 1. The van der Waals surface area contributed by atoms with Crippen molar-refractivity contribution in [2.75, 3.05) is 5.73 Å². The van der Waals surface area contributed by atoms with Crippen LogP contribution in [0.2, 0.25) is 0 Å². The summed E-state index contributed by atoms with van der Waals surface area (Å²) in [5, 5.41) is 1.44. The Morgan fingerprint density at radius 1 is 1.16 bits per heavy atom. The van der Waals surface area contributed by atoms with Gasteiger partial charge >= 0.3 is 119 Å². The number of hydrogen-bond acceptors (Lipinski definition) is 2. The Kier molecular flexibility index (Phi) is 6.67. The molecule has 0 saturated heterocycles. The summed E-state index contributed by atoms with van der Waals surface area (Å²) in [7, 11) is 0. The van der Waals surface area contributed by atoms with E-state index in [0.29, 0.717) is 0 Å². The van der Waals surface area contributed by atoms with E-state index >= 15 is 0 Å². The van der Waals surface area contributed by atoms with Gasteiger partial charge in [0.25, 0.3) is 0 Å². The summed E-state index contributed by atoms with van der Waals surface area (Å²) in [6, 6.07) is 6.38. The van der Waals surface area contributed by atoms with E-state index in [2.05, 4.69) is 20.7 Å². The number of anilines is 1. The van der Waals surface area contributed by atoms with Crippen LogP contribution < -0.4 is 5.73 Å². The minimum Gasteiger partial charge on any atom is -0.813 e. The van der Waals surface area contributed by atoms with E-state index in [1.807, 2.05) is 6.07 Å². The molecule has 1 heterocycles. The zero-order valence-corrected chi connectivity index (χ0v) is 18.0. The molecular formula is C14H21N2PSTl-. The maximum atomic E-state index is 5.89. The maximum Gasteiger partial charge on any atom is -0.153 e. The van der Waals surface area contributed by atoms with Crippen LogP contribution in [-0.2, 0) is 13.5 Å². The normalized spacial score (nSPS) is 15.7. The number of benzene rings is 1. The molecule has 1 aromatic carbocycles. The van der Waals surface area contributed by atoms with Crippen molar-refractivity contribution in [1.29, 1.82) is 0 Å². The summed E-state index contributed by atoms with van der Waals surface area (Å²) in [5.74, 6) is 0.787. The maximum absolute atomic E-state index is 5.89. The van der Waals surface area contributed by atoms with Crippen LogP contribution in [0.25, 0.3) is 10.9 Å². The van der Waals surface area contributed by atoms with Crippen LogP contribution >= 0.6 is 9.90 Å². The molecule has 1 aliphatic rings. The largest absolute Gasteiger partial charge is 0.813 e. The van der Waals surface area contributed by atoms with Crippen molar-refractivity contribution in [1.82, 2.24) is 2.38 Å². The van der Waals surface area contributed by atoms with Gasteiger partial charge in [0.2, 0.25) is 0 Å². The van der Waals surface area contributed by atoms with Gasteiger partial charge in [0.15, 0.2) is 0 Å². The topological polar surface area (TPSA) is 30.9 Å². The van der Waals surface area contributed by atoms with E-state index in [1.54, 1.807) is 5.56 Å². The second-order valence-electron chi connectivity index (χ2n) is 5.10. The molecule has 1 aromatic heterocycles. The number of aromatic nitrogens is 1. The van der Waals surface area contributed by atoms with E-state index in [1.165, 1.54) is 43.0 Å². The van der Waals surface area contributed by atoms with Crippen LogP contribution in [0.15, 0.2) is 24.4 Å². The van der Waals surface area contributed by atoms with Gasteiger partial charge in [0.1, 0.15) is 0 Å². The van der Waals surface area contributed by atoms with Crippen molar-refractivity contribution < 1.29 is 0 Å². The minimum absolute atomic E-state index is 0. The van der Waals surface area contributed by atoms with Gasteiger partial charge < -0.3 is 13.5 Å². The molecule has 2 nitrogen and oxygen atoms in total. The van der Waals surface area contributed by atoms with Crippen LogP contribution in [0.5, 0.6) is 0 Å². The van der Waals surface area contributed by atoms with Gasteiger partial charge in [-0.2, -0.15) is 9.90 Å². The molecule has 0 spiro atoms. The number of thiol groups is 1. The molecule has 1 saturated carbocycles. The smallest absolute Gasteiger partial charge is 0.153 e. The summed E-state index contributed by atoms with van der Waals surface area (Å²) in [6.45, 7) is 0. The van der Waals surface area contributed by atoms with Crippen molar-refractivity contribution in [2.45, 2.75) is 38.0 Å². The number of hydrogen-bond donors (Lipinski definition) is 1. The van der Waals surface area contributed by atoms with Gasteiger partial charge in [-0.15, -0.1) is 0 Å². The summed E-state index contributed by atoms with van der Waals surface area (Å²) in [5.41, 5.74) is 9.68. The molecule has 0 radical (unpaired) electrons. The van der Waals surface area contributed by atoms with Crippen LogP contribution in [-0.4, -0.2) is 28.4 Å². The van der Waals surface area contributed by atoms with Crippen molar-refractivity contribution in [3.63, 3.8) is 0 Å². The Balaban J connectivity index is 0.000000902. The SMILES string of the molecule is Nc1ccc2c(C3CCCCC3)c[n]([Tl])c2c1.P.[SH-]. The molecular weight excluding hydrogens is 464 g/mol. The van der Waals surface area contributed by atoms with Crippen LogP contribution in [0.4, 0.5) is 5.69 Å². The van der Waals surface area contributed by atoms with E-state index < -0.39 is 0 Å². The minimum atomic E-state index is 0. The molecule has 2 aromatic rings. The molecule has 1 atom stereocenters. The second kappa shape index (κ2) is 7.32. The summed E-state index contributed by atoms with van der Waals surface area (Å²) in [4.78, 5) is 0. The van der Waals surface area contributed by atoms with Gasteiger partial charge in [0.05, 0.1) is 0 Å². The molecule has 3 rings (SSSR count). The molecule has 0 amide bonds. The molecule has 1 unspecified atom stereocenters. The van der Waals surface area contributed by atoms with Crippen LogP contribution in [0.3, 0.4) is 0 Å². The van der Waals surface area contributed by atoms with Gasteiger partial charge in [-0.25, -0.2) is 0 Å². The molecule has 2 N–H and O–H groups in total. The zero-order chi connectivity index (χ0) is 11.8. The Bertz CT molecular complexity index is 550. The summed E-state index contributed by atoms with van der Waals surface area (Å²) in [6.07, 6.45) is 9.34. The molecule has 1 fully saturated rings. The Morgan fingerprint density at radius 2 is 1.84 bits per heavy atom. The average Bonchev–Trinajstić information content (AvgIpc) is 2.68. The number of rotatable bonds is 1. The number of fused-ring (bicyclic) bond motifs is 1. The van der Waals surface area contributed by atoms with Crippen molar-refractivity contribution in [2.24, 2.45) is 0 Å². The Morgan fingerprint density at radius 3 is 2.53 bits per heavy atom. The van der Waals surface area contributed by atoms with Crippen LogP contribution in [0.1, 0.15) is 43.6 Å². The third kappa shape index (κ3) is 3.48. The quantitative estimate of drug-likeness (QED) is 0.222. The molecule has 0 bridgehead atoms. The average molecular weight is 485 g/mol. The first-order chi connectivity index (χ1) is 8.25. The van der Waals surface area contributed by atoms with E-state index in [9.17, 15) is 0 Å². The zero-order valence-electron chi connectivity index (χ0n) is 11.2. The molecule has 1 aliphatic carbocycles. The summed E-state index contributed by atoms with van der Waals surface area (Å²) >= 11 is 0.821. The number of nitrogen functional groups attached to an aromatic ring is 1. The molecule has 0 aliphatic heterocycles. The van der Waals surface area contributed by atoms with Gasteiger partial charge in [-0.05, 0) is 0 Å². The first kappa shape index (κ1) is 17.3. The fraction of sp³-hybridized carbons (Fsp3) is 0.429. The first-order valence-electron chi connectivity index (χ1n) is 6.41. The van der Waals surface area contributed by atoms with Crippen molar-refractivity contribution in [3.8, 4) is 0 Å². The summed E-state index contributed by atoms with van der Waals surface area (Å²) < 4.78 is 2.38.